The lowest BCUT2D eigenvalue weighted by atomic mass is 10.1. The van der Waals surface area contributed by atoms with E-state index in [2.05, 4.69) is 10.6 Å². The highest BCUT2D eigenvalue weighted by Gasteiger charge is 2.51. The second-order valence-corrected chi connectivity index (χ2v) is 7.70. The van der Waals surface area contributed by atoms with Crippen LogP contribution in [0.25, 0.3) is 0 Å². The number of ether oxygens (including phenoxy) is 1. The number of benzene rings is 1. The van der Waals surface area contributed by atoms with Gasteiger partial charge >= 0.3 is 0 Å². The first-order valence-electron chi connectivity index (χ1n) is 9.72. The lowest BCUT2D eigenvalue weighted by molar-refractivity contribution is -0.143. The number of nitrogens with zero attached hydrogens (tertiary/aromatic N) is 2. The molecule has 3 aliphatic heterocycles. The minimum atomic E-state index is -0.669. The molecule has 4 rings (SSSR count). The summed E-state index contributed by atoms with van der Waals surface area (Å²) in [6.07, 6.45) is 0.916. The first kappa shape index (κ1) is 19.2. The van der Waals surface area contributed by atoms with Crippen molar-refractivity contribution in [3.05, 3.63) is 29.8 Å². The van der Waals surface area contributed by atoms with E-state index in [1.165, 1.54) is 16.7 Å². The fraction of sp³-hybridized carbons (Fsp3) is 0.500. The molecule has 0 bridgehead atoms. The van der Waals surface area contributed by atoms with Crippen LogP contribution in [0.1, 0.15) is 30.1 Å². The van der Waals surface area contributed by atoms with Gasteiger partial charge in [-0.2, -0.15) is 0 Å². The standard InChI is InChI=1S/C20H24N4O5/c1-11(25)23-8-7-15-17(23)20(28)24-10-13(9-16(24)19(27)22-15)21-18(26)12-3-5-14(29-2)6-4-12/h3-6,13,15-17H,7-10H2,1-2H3,(H,21,26)(H,22,27)/t13-,15-,16+,17-/m0/s1. The summed E-state index contributed by atoms with van der Waals surface area (Å²) in [4.78, 5) is 53.4. The van der Waals surface area contributed by atoms with Gasteiger partial charge in [-0.05, 0) is 37.1 Å². The van der Waals surface area contributed by atoms with E-state index >= 15 is 0 Å². The zero-order valence-electron chi connectivity index (χ0n) is 16.4. The van der Waals surface area contributed by atoms with Gasteiger partial charge in [0.2, 0.25) is 17.7 Å². The minimum Gasteiger partial charge on any atom is -0.497 e. The molecular formula is C20H24N4O5. The van der Waals surface area contributed by atoms with Crippen molar-refractivity contribution >= 4 is 23.6 Å². The summed E-state index contributed by atoms with van der Waals surface area (Å²) < 4.78 is 5.09. The van der Waals surface area contributed by atoms with Gasteiger partial charge < -0.3 is 25.2 Å². The smallest absolute Gasteiger partial charge is 0.251 e. The fourth-order valence-corrected chi connectivity index (χ4v) is 4.49. The van der Waals surface area contributed by atoms with Gasteiger partial charge in [0.1, 0.15) is 17.8 Å². The number of amides is 4. The van der Waals surface area contributed by atoms with Crippen LogP contribution in [0.3, 0.4) is 0 Å². The molecule has 1 aromatic rings. The third kappa shape index (κ3) is 3.41. The molecule has 29 heavy (non-hydrogen) atoms. The summed E-state index contributed by atoms with van der Waals surface area (Å²) in [6, 6.07) is 4.72. The second-order valence-electron chi connectivity index (χ2n) is 7.70. The number of nitrogens with one attached hydrogen (secondary N) is 2. The summed E-state index contributed by atoms with van der Waals surface area (Å²) in [7, 11) is 1.55. The topological polar surface area (TPSA) is 108 Å². The van der Waals surface area contributed by atoms with Gasteiger partial charge in [-0.3, -0.25) is 19.2 Å². The van der Waals surface area contributed by atoms with Crippen molar-refractivity contribution in [2.24, 2.45) is 0 Å². The van der Waals surface area contributed by atoms with Gasteiger partial charge in [0, 0.05) is 31.6 Å². The van der Waals surface area contributed by atoms with Crippen molar-refractivity contribution in [1.29, 1.82) is 0 Å². The Hall–Kier alpha value is -3.10. The van der Waals surface area contributed by atoms with Crippen molar-refractivity contribution in [2.45, 2.75) is 43.9 Å². The Morgan fingerprint density at radius 3 is 2.59 bits per heavy atom. The number of carbonyl (C=O) groups excluding carboxylic acids is 4. The van der Waals surface area contributed by atoms with E-state index in [0.29, 0.717) is 30.7 Å². The molecule has 3 heterocycles. The Labute approximate surface area is 168 Å². The van der Waals surface area contributed by atoms with E-state index in [9.17, 15) is 19.2 Å². The van der Waals surface area contributed by atoms with Crippen molar-refractivity contribution in [3.8, 4) is 5.75 Å². The molecule has 3 aliphatic rings. The van der Waals surface area contributed by atoms with Crippen molar-refractivity contribution < 1.29 is 23.9 Å². The van der Waals surface area contributed by atoms with E-state index in [4.69, 9.17) is 4.74 Å². The molecular weight excluding hydrogens is 376 g/mol. The van der Waals surface area contributed by atoms with Crippen LogP contribution in [0.4, 0.5) is 0 Å². The number of methoxy groups -OCH3 is 1. The lowest BCUT2D eigenvalue weighted by Crippen LogP contribution is -2.52. The maximum absolute atomic E-state index is 13.2. The minimum absolute atomic E-state index is 0.179. The first-order chi connectivity index (χ1) is 13.9. The molecule has 3 fully saturated rings. The van der Waals surface area contributed by atoms with Gasteiger partial charge in [0.25, 0.3) is 5.91 Å². The van der Waals surface area contributed by atoms with Crippen LogP contribution < -0.4 is 15.4 Å². The molecule has 0 aromatic heterocycles. The maximum atomic E-state index is 13.2. The van der Waals surface area contributed by atoms with Crippen molar-refractivity contribution in [1.82, 2.24) is 20.4 Å². The normalized spacial score (nSPS) is 28.3. The van der Waals surface area contributed by atoms with Crippen LogP contribution in [0.2, 0.25) is 0 Å². The van der Waals surface area contributed by atoms with Gasteiger partial charge in [-0.15, -0.1) is 0 Å². The largest absolute Gasteiger partial charge is 0.497 e. The summed E-state index contributed by atoms with van der Waals surface area (Å²) in [6.45, 7) is 2.13. The predicted molar refractivity (Wildman–Crippen MR) is 102 cm³/mol. The molecule has 0 saturated carbocycles. The Kier molecular flexibility index (Phi) is 4.89. The molecule has 154 valence electrons. The fourth-order valence-electron chi connectivity index (χ4n) is 4.49. The Bertz CT molecular complexity index is 855. The quantitative estimate of drug-likeness (QED) is 0.712. The third-order valence-corrected chi connectivity index (χ3v) is 5.96. The Balaban J connectivity index is 1.48. The molecule has 4 atom stereocenters. The number of likely N-dealkylation sites (tertiary alicyclic amines) is 1. The number of rotatable bonds is 3. The SMILES string of the molecule is COc1ccc(C(=O)N[C@H]2C[C@@H]3C(=O)N[C@H]4CCN(C(C)=O)[C@@H]4C(=O)N3C2)cc1. The van der Waals surface area contributed by atoms with E-state index in [0.717, 1.165) is 0 Å². The van der Waals surface area contributed by atoms with Crippen LogP contribution in [0.15, 0.2) is 24.3 Å². The molecule has 1 aromatic carbocycles. The molecule has 0 unspecified atom stereocenters. The van der Waals surface area contributed by atoms with E-state index in [-0.39, 0.29) is 42.3 Å². The van der Waals surface area contributed by atoms with E-state index in [1.807, 2.05) is 0 Å². The molecule has 2 N–H and O–H groups in total. The molecule has 9 nitrogen and oxygen atoms in total. The average molecular weight is 400 g/mol. The number of fused-ring (bicyclic) bond motifs is 2. The Morgan fingerprint density at radius 1 is 1.21 bits per heavy atom. The highest BCUT2D eigenvalue weighted by atomic mass is 16.5. The summed E-state index contributed by atoms with van der Waals surface area (Å²) in [5, 5.41) is 5.83. The highest BCUT2D eigenvalue weighted by molar-refractivity contribution is 5.97. The molecule has 0 spiro atoms. The van der Waals surface area contributed by atoms with Gasteiger partial charge in [-0.1, -0.05) is 0 Å². The molecule has 0 aliphatic carbocycles. The summed E-state index contributed by atoms with van der Waals surface area (Å²) >= 11 is 0. The van der Waals surface area contributed by atoms with E-state index in [1.54, 1.807) is 31.4 Å². The van der Waals surface area contributed by atoms with Crippen LogP contribution in [0.5, 0.6) is 5.75 Å². The monoisotopic (exact) mass is 400 g/mol. The van der Waals surface area contributed by atoms with Crippen LogP contribution in [0, 0.1) is 0 Å². The lowest BCUT2D eigenvalue weighted by Gasteiger charge is -2.28. The Morgan fingerprint density at radius 2 is 1.93 bits per heavy atom. The van der Waals surface area contributed by atoms with Crippen molar-refractivity contribution in [3.63, 3.8) is 0 Å². The van der Waals surface area contributed by atoms with Crippen LogP contribution >= 0.6 is 0 Å². The maximum Gasteiger partial charge on any atom is 0.251 e. The molecule has 9 heteroatoms. The third-order valence-electron chi connectivity index (χ3n) is 5.96. The highest BCUT2D eigenvalue weighted by Crippen LogP contribution is 2.29. The zero-order chi connectivity index (χ0) is 20.7. The van der Waals surface area contributed by atoms with Gasteiger partial charge in [0.05, 0.1) is 13.2 Å². The van der Waals surface area contributed by atoms with Gasteiger partial charge in [0.15, 0.2) is 0 Å². The number of hydrogen-bond donors (Lipinski definition) is 2. The second kappa shape index (κ2) is 7.38. The summed E-state index contributed by atoms with van der Waals surface area (Å²) in [5.41, 5.74) is 0.474. The van der Waals surface area contributed by atoms with Crippen LogP contribution in [-0.4, -0.2) is 77.8 Å². The molecule has 3 saturated heterocycles. The number of hydrogen-bond acceptors (Lipinski definition) is 5. The predicted octanol–water partition coefficient (Wildman–Crippen LogP) is -0.486. The van der Waals surface area contributed by atoms with E-state index < -0.39 is 12.1 Å². The van der Waals surface area contributed by atoms with Crippen LogP contribution in [-0.2, 0) is 14.4 Å². The average Bonchev–Trinajstić information content (AvgIpc) is 3.30. The molecule has 0 radical (unpaired) electrons. The molecule has 4 amide bonds. The number of carbonyl (C=O) groups is 4. The van der Waals surface area contributed by atoms with Gasteiger partial charge in [-0.25, -0.2) is 0 Å². The van der Waals surface area contributed by atoms with Crippen molar-refractivity contribution in [2.75, 3.05) is 20.2 Å². The zero-order valence-corrected chi connectivity index (χ0v) is 16.4. The first-order valence-corrected chi connectivity index (χ1v) is 9.72. The summed E-state index contributed by atoms with van der Waals surface area (Å²) in [5.74, 6) is -0.252.